The van der Waals surface area contributed by atoms with Crippen LogP contribution in [0.1, 0.15) is 41.9 Å². The summed E-state index contributed by atoms with van der Waals surface area (Å²) in [7, 11) is 0. The Hall–Kier alpha value is -4.13. The molecule has 6 rings (SSSR count). The third-order valence-corrected chi connectivity index (χ3v) is 7.30. The molecule has 0 radical (unpaired) electrons. The van der Waals surface area contributed by atoms with E-state index in [1.807, 2.05) is 48.5 Å². The molecular weight excluding hydrogens is 452 g/mol. The standard InChI is InChI=1S/C29H28N4O3/c34-27-22-7-2-1-6-19(22)12-15-23(27)29(36)33-17-5-8-25(33)28(35)30-21-13-10-20(11-14-21)24-18-32-16-4-3-9-26(32)31-24/h1-2,6-7,10-15,18,25,34H,3-5,8-9,16-17H2,(H,30,35). The number of phenols is 1. The highest BCUT2D eigenvalue weighted by atomic mass is 16.3. The first-order valence-corrected chi connectivity index (χ1v) is 12.6. The third-order valence-electron chi connectivity index (χ3n) is 7.30. The van der Waals surface area contributed by atoms with Crippen LogP contribution in [0.15, 0.2) is 66.9 Å². The molecule has 182 valence electrons. The Balaban J connectivity index is 1.17. The Labute approximate surface area is 209 Å². The number of nitrogens with one attached hydrogen (secondary N) is 1. The van der Waals surface area contributed by atoms with E-state index in [-0.39, 0.29) is 23.1 Å². The number of likely N-dealkylation sites (tertiary alicyclic amines) is 1. The monoisotopic (exact) mass is 480 g/mol. The largest absolute Gasteiger partial charge is 0.506 e. The average Bonchev–Trinajstić information content (AvgIpc) is 3.57. The molecule has 0 spiro atoms. The first kappa shape index (κ1) is 22.3. The lowest BCUT2D eigenvalue weighted by Crippen LogP contribution is -2.43. The van der Waals surface area contributed by atoms with Crippen molar-refractivity contribution in [2.45, 2.75) is 44.7 Å². The highest BCUT2D eigenvalue weighted by molar-refractivity contribution is 6.06. The molecule has 7 heteroatoms. The number of amides is 2. The number of fused-ring (bicyclic) bond motifs is 2. The predicted molar refractivity (Wildman–Crippen MR) is 139 cm³/mol. The van der Waals surface area contributed by atoms with Gasteiger partial charge >= 0.3 is 0 Å². The Morgan fingerprint density at radius 3 is 2.61 bits per heavy atom. The number of hydrogen-bond acceptors (Lipinski definition) is 4. The fraction of sp³-hybridized carbons (Fsp3) is 0.276. The van der Waals surface area contributed by atoms with Gasteiger partial charge in [0.25, 0.3) is 5.91 Å². The molecule has 36 heavy (non-hydrogen) atoms. The summed E-state index contributed by atoms with van der Waals surface area (Å²) >= 11 is 0. The molecule has 3 heterocycles. The minimum atomic E-state index is -0.581. The van der Waals surface area contributed by atoms with Gasteiger partial charge in [0.15, 0.2) is 0 Å². The molecule has 2 aliphatic heterocycles. The van der Waals surface area contributed by atoms with Crippen LogP contribution in [0.3, 0.4) is 0 Å². The second-order valence-electron chi connectivity index (χ2n) is 9.60. The molecule has 2 N–H and O–H groups in total. The molecule has 1 fully saturated rings. The Morgan fingerprint density at radius 1 is 0.944 bits per heavy atom. The van der Waals surface area contributed by atoms with Crippen molar-refractivity contribution in [2.24, 2.45) is 0 Å². The predicted octanol–water partition coefficient (Wildman–Crippen LogP) is 4.99. The number of nitrogens with zero attached hydrogens (tertiary/aromatic N) is 3. The quantitative estimate of drug-likeness (QED) is 0.431. The molecule has 4 aromatic rings. The van der Waals surface area contributed by atoms with Gasteiger partial charge in [-0.15, -0.1) is 0 Å². The average molecular weight is 481 g/mol. The number of aryl methyl sites for hydroxylation is 2. The lowest BCUT2D eigenvalue weighted by Gasteiger charge is -2.24. The molecule has 2 aliphatic rings. The number of phenolic OH excluding ortho intramolecular Hbond substituents is 1. The van der Waals surface area contributed by atoms with Gasteiger partial charge in [-0.25, -0.2) is 4.98 Å². The van der Waals surface area contributed by atoms with Gasteiger partial charge in [-0.2, -0.15) is 0 Å². The molecule has 1 unspecified atom stereocenters. The highest BCUT2D eigenvalue weighted by Gasteiger charge is 2.35. The summed E-state index contributed by atoms with van der Waals surface area (Å²) < 4.78 is 2.23. The summed E-state index contributed by atoms with van der Waals surface area (Å²) in [5.41, 5.74) is 2.87. The second kappa shape index (κ2) is 9.15. The Bertz CT molecular complexity index is 1430. The number of aromatic hydroxyl groups is 1. The van der Waals surface area contributed by atoms with Crippen LogP contribution in [-0.2, 0) is 17.8 Å². The van der Waals surface area contributed by atoms with E-state index in [1.165, 1.54) is 12.8 Å². The molecule has 3 aromatic carbocycles. The van der Waals surface area contributed by atoms with Crippen molar-refractivity contribution < 1.29 is 14.7 Å². The van der Waals surface area contributed by atoms with Gasteiger partial charge in [-0.1, -0.05) is 42.5 Å². The van der Waals surface area contributed by atoms with Gasteiger partial charge in [0, 0.05) is 42.3 Å². The summed E-state index contributed by atoms with van der Waals surface area (Å²) in [5, 5.41) is 15.2. The molecule has 1 atom stereocenters. The minimum Gasteiger partial charge on any atom is -0.506 e. The number of imidazole rings is 1. The van der Waals surface area contributed by atoms with Gasteiger partial charge in [-0.05, 0) is 49.3 Å². The fourth-order valence-electron chi connectivity index (χ4n) is 5.37. The lowest BCUT2D eigenvalue weighted by molar-refractivity contribution is -0.119. The van der Waals surface area contributed by atoms with Crippen molar-refractivity contribution in [1.29, 1.82) is 0 Å². The molecule has 0 saturated carbocycles. The Kier molecular flexibility index (Phi) is 5.68. The summed E-state index contributed by atoms with van der Waals surface area (Å²) in [6, 6.07) is 18.0. The molecule has 7 nitrogen and oxygen atoms in total. The molecule has 2 amide bonds. The first-order valence-electron chi connectivity index (χ1n) is 12.6. The van der Waals surface area contributed by atoms with Crippen LogP contribution < -0.4 is 5.32 Å². The topological polar surface area (TPSA) is 87.5 Å². The molecule has 1 aromatic heterocycles. The number of hydrogen-bond donors (Lipinski definition) is 2. The molecular formula is C29H28N4O3. The van der Waals surface area contributed by atoms with Crippen LogP contribution in [0.5, 0.6) is 5.75 Å². The van der Waals surface area contributed by atoms with E-state index in [2.05, 4.69) is 16.1 Å². The van der Waals surface area contributed by atoms with Gasteiger partial charge in [0.2, 0.25) is 5.91 Å². The molecule has 0 bridgehead atoms. The van der Waals surface area contributed by atoms with Crippen LogP contribution in [0.2, 0.25) is 0 Å². The van der Waals surface area contributed by atoms with E-state index < -0.39 is 6.04 Å². The van der Waals surface area contributed by atoms with E-state index in [9.17, 15) is 14.7 Å². The summed E-state index contributed by atoms with van der Waals surface area (Å²) in [6.07, 6.45) is 6.82. The first-order chi connectivity index (χ1) is 17.6. The van der Waals surface area contributed by atoms with Crippen molar-refractivity contribution in [3.63, 3.8) is 0 Å². The number of rotatable bonds is 4. The van der Waals surface area contributed by atoms with Crippen LogP contribution in [0.25, 0.3) is 22.0 Å². The van der Waals surface area contributed by atoms with E-state index >= 15 is 0 Å². The van der Waals surface area contributed by atoms with Crippen molar-refractivity contribution in [1.82, 2.24) is 14.5 Å². The maximum atomic E-state index is 13.3. The van der Waals surface area contributed by atoms with Gasteiger partial charge in [0.1, 0.15) is 17.6 Å². The number of aromatic nitrogens is 2. The smallest absolute Gasteiger partial charge is 0.258 e. The van der Waals surface area contributed by atoms with Crippen molar-refractivity contribution in [3.05, 3.63) is 78.2 Å². The third kappa shape index (κ3) is 4.00. The summed E-state index contributed by atoms with van der Waals surface area (Å²) in [4.78, 5) is 32.8. The van der Waals surface area contributed by atoms with Crippen molar-refractivity contribution >= 4 is 28.3 Å². The van der Waals surface area contributed by atoms with Crippen molar-refractivity contribution in [2.75, 3.05) is 11.9 Å². The van der Waals surface area contributed by atoms with Crippen LogP contribution in [0.4, 0.5) is 5.69 Å². The van der Waals surface area contributed by atoms with E-state index in [4.69, 9.17) is 4.98 Å². The SMILES string of the molecule is O=C(Nc1ccc(-c2cn3c(n2)CCCC3)cc1)C1CCCN1C(=O)c1ccc2ccccc2c1O. The minimum absolute atomic E-state index is 0.0410. The van der Waals surface area contributed by atoms with Gasteiger partial charge in [0.05, 0.1) is 11.3 Å². The van der Waals surface area contributed by atoms with Crippen LogP contribution in [0, 0.1) is 0 Å². The lowest BCUT2D eigenvalue weighted by atomic mass is 10.0. The van der Waals surface area contributed by atoms with Crippen molar-refractivity contribution in [3.8, 4) is 17.0 Å². The number of carbonyl (C=O) groups is 2. The van der Waals surface area contributed by atoms with E-state index in [1.54, 1.807) is 17.0 Å². The highest BCUT2D eigenvalue weighted by Crippen LogP contribution is 2.32. The normalized spacial score (nSPS) is 17.2. The second-order valence-corrected chi connectivity index (χ2v) is 9.60. The summed E-state index contributed by atoms with van der Waals surface area (Å²) in [5.74, 6) is 0.555. The zero-order chi connectivity index (χ0) is 24.6. The van der Waals surface area contributed by atoms with Crippen LogP contribution in [-0.4, -0.2) is 44.0 Å². The van der Waals surface area contributed by atoms with Gasteiger partial charge in [-0.3, -0.25) is 9.59 Å². The maximum absolute atomic E-state index is 13.3. The van der Waals surface area contributed by atoms with Gasteiger partial charge < -0.3 is 19.9 Å². The van der Waals surface area contributed by atoms with E-state index in [0.29, 0.717) is 24.0 Å². The van der Waals surface area contributed by atoms with E-state index in [0.717, 1.165) is 41.9 Å². The van der Waals surface area contributed by atoms with Crippen LogP contribution >= 0.6 is 0 Å². The molecule has 1 saturated heterocycles. The summed E-state index contributed by atoms with van der Waals surface area (Å²) in [6.45, 7) is 1.50. The number of carbonyl (C=O) groups excluding carboxylic acids is 2. The maximum Gasteiger partial charge on any atom is 0.258 e. The zero-order valence-corrected chi connectivity index (χ0v) is 20.0. The Morgan fingerprint density at radius 2 is 1.78 bits per heavy atom. The number of anilines is 1. The fourth-order valence-corrected chi connectivity index (χ4v) is 5.37. The zero-order valence-electron chi connectivity index (χ0n) is 20.0. The molecule has 0 aliphatic carbocycles. The number of benzene rings is 3.